The summed E-state index contributed by atoms with van der Waals surface area (Å²) in [6.07, 6.45) is 0. The van der Waals surface area contributed by atoms with Crippen LogP contribution in [0.25, 0.3) is 0 Å². The van der Waals surface area contributed by atoms with Crippen molar-refractivity contribution in [3.8, 4) is 0 Å². The van der Waals surface area contributed by atoms with Crippen molar-refractivity contribution >= 4 is 27.9 Å². The average Bonchev–Trinajstić information content (AvgIpc) is 2.29. The minimum absolute atomic E-state index is 0.0515. The highest BCUT2D eigenvalue weighted by Crippen LogP contribution is 2.20. The normalized spacial score (nSPS) is 10.2. The monoisotopic (exact) mass is 330 g/mol. The van der Waals surface area contributed by atoms with Crippen LogP contribution in [0.2, 0.25) is 0 Å². The van der Waals surface area contributed by atoms with Crippen molar-refractivity contribution in [2.24, 2.45) is 0 Å². The summed E-state index contributed by atoms with van der Waals surface area (Å²) < 4.78 is 5.74. The molecule has 0 unspecified atom stereocenters. The second-order valence-corrected chi connectivity index (χ2v) is 5.41. The Morgan fingerprint density at radius 1 is 1.16 bits per heavy atom. The van der Waals surface area contributed by atoms with Crippen LogP contribution in [0.1, 0.15) is 55.3 Å². The first-order chi connectivity index (χ1) is 8.70. The van der Waals surface area contributed by atoms with Gasteiger partial charge in [0.05, 0.1) is 11.1 Å². The van der Waals surface area contributed by atoms with Gasteiger partial charge < -0.3 is 9.84 Å². The fourth-order valence-electron chi connectivity index (χ4n) is 1.20. The quantitative estimate of drug-likeness (QED) is 0.828. The van der Waals surface area contributed by atoms with Crippen molar-refractivity contribution in [1.82, 2.24) is 0 Å². The molecule has 0 radical (unpaired) electrons. The molecule has 4 nitrogen and oxygen atoms in total. The molecule has 0 bridgehead atoms. The Bertz CT molecular complexity index is 461. The van der Waals surface area contributed by atoms with E-state index in [0.29, 0.717) is 4.47 Å². The van der Waals surface area contributed by atoms with Crippen LogP contribution in [0.5, 0.6) is 0 Å². The van der Waals surface area contributed by atoms with Crippen LogP contribution >= 0.6 is 15.9 Å². The van der Waals surface area contributed by atoms with E-state index in [2.05, 4.69) is 15.9 Å². The Labute approximate surface area is 121 Å². The van der Waals surface area contributed by atoms with Gasteiger partial charge in [-0.05, 0) is 39.0 Å². The summed E-state index contributed by atoms with van der Waals surface area (Å²) in [5.74, 6) is -1.80. The van der Waals surface area contributed by atoms with Gasteiger partial charge in [0, 0.05) is 4.47 Å². The van der Waals surface area contributed by atoms with Crippen molar-refractivity contribution in [1.29, 1.82) is 0 Å². The maximum absolute atomic E-state index is 11.8. The van der Waals surface area contributed by atoms with Crippen LogP contribution in [0.4, 0.5) is 0 Å². The molecule has 0 aliphatic heterocycles. The van der Waals surface area contributed by atoms with Crippen molar-refractivity contribution in [3.63, 3.8) is 0 Å². The molecule has 1 rings (SSSR count). The lowest BCUT2D eigenvalue weighted by Gasteiger charge is -2.20. The minimum atomic E-state index is -1.16. The van der Waals surface area contributed by atoms with Gasteiger partial charge in [0.1, 0.15) is 5.60 Å². The fourth-order valence-corrected chi connectivity index (χ4v) is 1.57. The molecule has 0 spiro atoms. The molecule has 5 heteroatoms. The van der Waals surface area contributed by atoms with Gasteiger partial charge in [0.2, 0.25) is 0 Å². The number of hydrogen-bond donors (Lipinski definition) is 1. The summed E-state index contributed by atoms with van der Waals surface area (Å²) in [7, 11) is 0. The average molecular weight is 331 g/mol. The molecule has 0 aromatic heterocycles. The first-order valence-corrected chi connectivity index (χ1v) is 6.76. The van der Waals surface area contributed by atoms with E-state index in [1.165, 1.54) is 12.1 Å². The summed E-state index contributed by atoms with van der Waals surface area (Å²) in [5, 5.41) is 9.01. The van der Waals surface area contributed by atoms with E-state index in [9.17, 15) is 9.59 Å². The number of hydrogen-bond acceptors (Lipinski definition) is 3. The van der Waals surface area contributed by atoms with Crippen LogP contribution in [0.15, 0.2) is 22.7 Å². The second-order valence-electron chi connectivity index (χ2n) is 4.50. The molecule has 1 N–H and O–H groups in total. The number of esters is 1. The number of carboxylic acid groups (broad SMARTS) is 1. The number of benzene rings is 1. The molecule has 0 aliphatic carbocycles. The van der Waals surface area contributed by atoms with Crippen LogP contribution in [-0.4, -0.2) is 22.6 Å². The zero-order valence-electron chi connectivity index (χ0n) is 11.8. The molecule has 1 aromatic carbocycles. The van der Waals surface area contributed by atoms with Gasteiger partial charge in [-0.1, -0.05) is 29.8 Å². The summed E-state index contributed by atoms with van der Waals surface area (Å²) in [5.41, 5.74) is -0.677. The van der Waals surface area contributed by atoms with Crippen LogP contribution in [0, 0.1) is 0 Å². The number of rotatable bonds is 2. The molecular formula is C14H19BrO4. The van der Waals surface area contributed by atoms with Crippen LogP contribution < -0.4 is 0 Å². The molecule has 0 saturated carbocycles. The van der Waals surface area contributed by atoms with E-state index in [0.717, 1.165) is 0 Å². The predicted octanol–water partition coefficient (Wildman–Crippen LogP) is 4.13. The second kappa shape index (κ2) is 7.28. The van der Waals surface area contributed by atoms with Gasteiger partial charge >= 0.3 is 11.9 Å². The largest absolute Gasteiger partial charge is 0.478 e. The smallest absolute Gasteiger partial charge is 0.339 e. The van der Waals surface area contributed by atoms with E-state index >= 15 is 0 Å². The number of ether oxygens (including phenoxy) is 1. The number of aromatic carboxylic acids is 1. The molecule has 0 amide bonds. The Morgan fingerprint density at radius 3 is 2.11 bits per heavy atom. The maximum Gasteiger partial charge on any atom is 0.339 e. The molecular weight excluding hydrogens is 312 g/mol. The number of carboxylic acids is 1. The lowest BCUT2D eigenvalue weighted by atomic mass is 10.1. The number of carbonyl (C=O) groups excluding carboxylic acids is 1. The van der Waals surface area contributed by atoms with Gasteiger partial charge in [-0.25, -0.2) is 9.59 Å². The van der Waals surface area contributed by atoms with Gasteiger partial charge in [0.15, 0.2) is 0 Å². The number of carbonyl (C=O) groups is 2. The SMILES string of the molecule is CC.CC(C)(C)OC(=O)c1ccc(Br)cc1C(=O)O. The van der Waals surface area contributed by atoms with E-state index in [-0.39, 0.29) is 11.1 Å². The third-order valence-corrected chi connectivity index (χ3v) is 2.32. The highest BCUT2D eigenvalue weighted by molar-refractivity contribution is 9.10. The molecule has 106 valence electrons. The van der Waals surface area contributed by atoms with Crippen LogP contribution in [0.3, 0.4) is 0 Å². The zero-order valence-corrected chi connectivity index (χ0v) is 13.4. The molecule has 0 aliphatic rings. The highest BCUT2D eigenvalue weighted by atomic mass is 79.9. The van der Waals surface area contributed by atoms with E-state index in [1.54, 1.807) is 26.8 Å². The predicted molar refractivity (Wildman–Crippen MR) is 77.6 cm³/mol. The van der Waals surface area contributed by atoms with Gasteiger partial charge in [0.25, 0.3) is 0 Å². The topological polar surface area (TPSA) is 63.6 Å². The summed E-state index contributed by atoms with van der Waals surface area (Å²) in [6.45, 7) is 9.18. The fraction of sp³-hybridized carbons (Fsp3) is 0.429. The lowest BCUT2D eigenvalue weighted by Crippen LogP contribution is -2.25. The zero-order chi connectivity index (χ0) is 15.2. The molecule has 19 heavy (non-hydrogen) atoms. The van der Waals surface area contributed by atoms with Crippen LogP contribution in [-0.2, 0) is 4.74 Å². The number of halogens is 1. The summed E-state index contributed by atoms with van der Waals surface area (Å²) >= 11 is 3.16. The Balaban J connectivity index is 0.00000154. The highest BCUT2D eigenvalue weighted by Gasteiger charge is 2.22. The van der Waals surface area contributed by atoms with Crippen molar-refractivity contribution in [2.45, 2.75) is 40.2 Å². The summed E-state index contributed by atoms with van der Waals surface area (Å²) in [6, 6.07) is 4.41. The van der Waals surface area contributed by atoms with Crippen molar-refractivity contribution in [3.05, 3.63) is 33.8 Å². The van der Waals surface area contributed by atoms with Crippen molar-refractivity contribution in [2.75, 3.05) is 0 Å². The third kappa shape index (κ3) is 5.87. The summed E-state index contributed by atoms with van der Waals surface area (Å²) in [4.78, 5) is 22.8. The van der Waals surface area contributed by atoms with E-state index in [4.69, 9.17) is 9.84 Å². The Hall–Kier alpha value is -1.36. The van der Waals surface area contributed by atoms with Gasteiger partial charge in [-0.15, -0.1) is 0 Å². The molecule has 0 fully saturated rings. The van der Waals surface area contributed by atoms with Gasteiger partial charge in [-0.3, -0.25) is 0 Å². The Kier molecular flexibility index (Phi) is 6.76. The van der Waals surface area contributed by atoms with E-state index < -0.39 is 17.5 Å². The first kappa shape index (κ1) is 17.6. The standard InChI is InChI=1S/C12H13BrO4.C2H6/c1-12(2,3)17-11(16)8-5-4-7(13)6-9(8)10(14)15;1-2/h4-6H,1-3H3,(H,14,15);1-2H3. The lowest BCUT2D eigenvalue weighted by molar-refractivity contribution is 0.00658. The molecule has 0 saturated heterocycles. The minimum Gasteiger partial charge on any atom is -0.478 e. The first-order valence-electron chi connectivity index (χ1n) is 5.97. The van der Waals surface area contributed by atoms with Crippen molar-refractivity contribution < 1.29 is 19.4 Å². The van der Waals surface area contributed by atoms with E-state index in [1.807, 2.05) is 13.8 Å². The maximum atomic E-state index is 11.8. The molecule has 0 atom stereocenters. The third-order valence-electron chi connectivity index (χ3n) is 1.83. The van der Waals surface area contributed by atoms with Gasteiger partial charge in [-0.2, -0.15) is 0 Å². The Morgan fingerprint density at radius 2 is 1.68 bits per heavy atom. The molecule has 1 aromatic rings. The molecule has 0 heterocycles.